The molecule has 0 fully saturated rings. The van der Waals surface area contributed by atoms with Gasteiger partial charge in [-0.15, -0.1) is 0 Å². The lowest BCUT2D eigenvalue weighted by atomic mass is 9.96. The molecule has 0 saturated carbocycles. The zero-order valence-electron chi connectivity index (χ0n) is 9.33. The van der Waals surface area contributed by atoms with Crippen LogP contribution in [0.25, 0.3) is 0 Å². The molecule has 0 radical (unpaired) electrons. The molecule has 0 amide bonds. The molecule has 0 aromatic carbocycles. The van der Waals surface area contributed by atoms with Crippen LogP contribution in [0.3, 0.4) is 0 Å². The molecule has 3 nitrogen and oxygen atoms in total. The van der Waals surface area contributed by atoms with Crippen molar-refractivity contribution in [1.29, 1.82) is 0 Å². The molecule has 0 aromatic heterocycles. The lowest BCUT2D eigenvalue weighted by Gasteiger charge is -2.13. The average Bonchev–Trinajstić information content (AvgIpc) is 2.12. The van der Waals surface area contributed by atoms with Gasteiger partial charge in [0.05, 0.1) is 0 Å². The van der Waals surface area contributed by atoms with Crippen LogP contribution in [-0.2, 0) is 4.79 Å². The monoisotopic (exact) mass is 201 g/mol. The van der Waals surface area contributed by atoms with Crippen LogP contribution in [0.5, 0.6) is 0 Å². The molecule has 0 heterocycles. The molecule has 0 aliphatic heterocycles. The van der Waals surface area contributed by atoms with Crippen molar-refractivity contribution >= 4 is 5.97 Å². The van der Waals surface area contributed by atoms with Crippen LogP contribution in [0.4, 0.5) is 0 Å². The van der Waals surface area contributed by atoms with E-state index in [1.165, 1.54) is 25.7 Å². The van der Waals surface area contributed by atoms with E-state index >= 15 is 0 Å². The van der Waals surface area contributed by atoms with E-state index in [0.29, 0.717) is 12.3 Å². The number of aliphatic carboxylic acids is 1. The summed E-state index contributed by atoms with van der Waals surface area (Å²) < 4.78 is 0. The van der Waals surface area contributed by atoms with Gasteiger partial charge in [-0.1, -0.05) is 46.0 Å². The third-order valence-electron chi connectivity index (χ3n) is 2.52. The summed E-state index contributed by atoms with van der Waals surface area (Å²) in [5.74, 6) is -0.455. The lowest BCUT2D eigenvalue weighted by molar-refractivity contribution is -0.138. The molecule has 0 aliphatic rings. The van der Waals surface area contributed by atoms with Crippen LogP contribution < -0.4 is 5.73 Å². The number of carboxylic acids is 1. The highest BCUT2D eigenvalue weighted by atomic mass is 16.4. The quantitative estimate of drug-likeness (QED) is 0.593. The van der Waals surface area contributed by atoms with E-state index in [2.05, 4.69) is 13.8 Å². The number of hydrogen-bond donors (Lipinski definition) is 2. The van der Waals surface area contributed by atoms with Crippen molar-refractivity contribution in [1.82, 2.24) is 0 Å². The predicted octanol–water partition coefficient (Wildman–Crippen LogP) is 2.39. The fourth-order valence-corrected chi connectivity index (χ4v) is 1.57. The Labute approximate surface area is 86.7 Å². The van der Waals surface area contributed by atoms with Crippen LogP contribution >= 0.6 is 0 Å². The summed E-state index contributed by atoms with van der Waals surface area (Å²) in [6.45, 7) is 4.26. The van der Waals surface area contributed by atoms with E-state index in [4.69, 9.17) is 10.8 Å². The van der Waals surface area contributed by atoms with Crippen molar-refractivity contribution < 1.29 is 9.90 Å². The second kappa shape index (κ2) is 7.80. The third-order valence-corrected chi connectivity index (χ3v) is 2.52. The van der Waals surface area contributed by atoms with Gasteiger partial charge in [0.15, 0.2) is 0 Å². The Balaban J connectivity index is 3.45. The van der Waals surface area contributed by atoms with Gasteiger partial charge >= 0.3 is 5.97 Å². The second-order valence-corrected chi connectivity index (χ2v) is 4.13. The number of hydrogen-bond acceptors (Lipinski definition) is 2. The molecule has 0 rings (SSSR count). The fraction of sp³-hybridized carbons (Fsp3) is 0.909. The van der Waals surface area contributed by atoms with Crippen molar-refractivity contribution in [3.8, 4) is 0 Å². The zero-order valence-corrected chi connectivity index (χ0v) is 9.33. The molecule has 84 valence electrons. The van der Waals surface area contributed by atoms with Gasteiger partial charge in [-0.05, 0) is 12.3 Å². The van der Waals surface area contributed by atoms with Gasteiger partial charge in [-0.3, -0.25) is 4.79 Å². The molecule has 0 aromatic rings. The second-order valence-electron chi connectivity index (χ2n) is 4.13. The number of rotatable bonds is 8. The lowest BCUT2D eigenvalue weighted by Crippen LogP contribution is -2.31. The SMILES string of the molecule is CCCCCCC(C)CC(N)C(=O)O. The summed E-state index contributed by atoms with van der Waals surface area (Å²) >= 11 is 0. The molecule has 0 spiro atoms. The van der Waals surface area contributed by atoms with Crippen LogP contribution in [-0.4, -0.2) is 17.1 Å². The molecule has 14 heavy (non-hydrogen) atoms. The van der Waals surface area contributed by atoms with Gasteiger partial charge < -0.3 is 10.8 Å². The Bertz CT molecular complexity index is 159. The van der Waals surface area contributed by atoms with E-state index in [0.717, 1.165) is 6.42 Å². The van der Waals surface area contributed by atoms with Crippen molar-refractivity contribution in [2.75, 3.05) is 0 Å². The van der Waals surface area contributed by atoms with Crippen molar-refractivity contribution in [2.24, 2.45) is 11.7 Å². The Hall–Kier alpha value is -0.570. The molecular weight excluding hydrogens is 178 g/mol. The molecule has 3 N–H and O–H groups in total. The van der Waals surface area contributed by atoms with Gasteiger partial charge in [0.1, 0.15) is 6.04 Å². The maximum atomic E-state index is 10.5. The minimum Gasteiger partial charge on any atom is -0.480 e. The maximum Gasteiger partial charge on any atom is 0.320 e. The molecule has 0 aliphatic carbocycles. The summed E-state index contributed by atoms with van der Waals surface area (Å²) in [5.41, 5.74) is 5.45. The summed E-state index contributed by atoms with van der Waals surface area (Å²) in [7, 11) is 0. The highest BCUT2D eigenvalue weighted by Gasteiger charge is 2.14. The highest BCUT2D eigenvalue weighted by Crippen LogP contribution is 2.14. The Morgan fingerprint density at radius 3 is 2.50 bits per heavy atom. The van der Waals surface area contributed by atoms with E-state index in [1.807, 2.05) is 0 Å². The summed E-state index contributed by atoms with van der Waals surface area (Å²) in [6.07, 6.45) is 6.66. The Morgan fingerprint density at radius 1 is 1.36 bits per heavy atom. The van der Waals surface area contributed by atoms with Gasteiger partial charge in [-0.2, -0.15) is 0 Å². The minimum atomic E-state index is -0.884. The normalized spacial score (nSPS) is 15.1. The first kappa shape index (κ1) is 13.4. The largest absolute Gasteiger partial charge is 0.480 e. The molecular formula is C11H23NO2. The van der Waals surface area contributed by atoms with E-state index < -0.39 is 12.0 Å². The van der Waals surface area contributed by atoms with Crippen molar-refractivity contribution in [3.63, 3.8) is 0 Å². The Morgan fingerprint density at radius 2 is 2.00 bits per heavy atom. The molecule has 3 heteroatoms. The van der Waals surface area contributed by atoms with Crippen LogP contribution in [0.2, 0.25) is 0 Å². The first-order chi connectivity index (χ1) is 6.57. The zero-order chi connectivity index (χ0) is 11.0. The smallest absolute Gasteiger partial charge is 0.320 e. The van der Waals surface area contributed by atoms with Crippen molar-refractivity contribution in [3.05, 3.63) is 0 Å². The summed E-state index contributed by atoms with van der Waals surface area (Å²) in [4.78, 5) is 10.5. The molecule has 2 unspecified atom stereocenters. The standard InChI is InChI=1S/C11H23NO2/c1-3-4-5-6-7-9(2)8-10(12)11(13)14/h9-10H,3-8,12H2,1-2H3,(H,13,14). The van der Waals surface area contributed by atoms with Gasteiger partial charge in [0.25, 0.3) is 0 Å². The summed E-state index contributed by atoms with van der Waals surface area (Å²) in [6, 6.07) is -0.684. The Kier molecular flexibility index (Phi) is 7.48. The topological polar surface area (TPSA) is 63.3 Å². The first-order valence-corrected chi connectivity index (χ1v) is 5.56. The van der Waals surface area contributed by atoms with E-state index in [1.54, 1.807) is 0 Å². The van der Waals surface area contributed by atoms with Gasteiger partial charge in [-0.25, -0.2) is 0 Å². The van der Waals surface area contributed by atoms with E-state index in [9.17, 15) is 4.79 Å². The van der Waals surface area contributed by atoms with Crippen LogP contribution in [0.15, 0.2) is 0 Å². The predicted molar refractivity (Wildman–Crippen MR) is 58.2 cm³/mol. The third kappa shape index (κ3) is 6.89. The minimum absolute atomic E-state index is 0.429. The number of carbonyl (C=O) groups is 1. The molecule has 0 bridgehead atoms. The number of nitrogens with two attached hydrogens (primary N) is 1. The maximum absolute atomic E-state index is 10.5. The first-order valence-electron chi connectivity index (χ1n) is 5.56. The van der Waals surface area contributed by atoms with E-state index in [-0.39, 0.29) is 0 Å². The number of carboxylic acid groups (broad SMARTS) is 1. The summed E-state index contributed by atoms with van der Waals surface area (Å²) in [5, 5.41) is 8.62. The van der Waals surface area contributed by atoms with Crippen molar-refractivity contribution in [2.45, 2.75) is 58.4 Å². The number of unbranched alkanes of at least 4 members (excludes halogenated alkanes) is 3. The van der Waals surface area contributed by atoms with Gasteiger partial charge in [0, 0.05) is 0 Å². The van der Waals surface area contributed by atoms with Crippen LogP contribution in [0, 0.1) is 5.92 Å². The molecule has 2 atom stereocenters. The van der Waals surface area contributed by atoms with Crippen LogP contribution in [0.1, 0.15) is 52.4 Å². The highest BCUT2D eigenvalue weighted by molar-refractivity contribution is 5.72. The molecule has 0 saturated heterocycles. The van der Waals surface area contributed by atoms with Gasteiger partial charge in [0.2, 0.25) is 0 Å². The fourth-order valence-electron chi connectivity index (χ4n) is 1.57. The average molecular weight is 201 g/mol.